The number of benzene rings is 2. The number of carbonyl (C=O) groups is 1. The summed E-state index contributed by atoms with van der Waals surface area (Å²) < 4.78 is 24.8. The predicted octanol–water partition coefficient (Wildman–Crippen LogP) is 3.25. The number of urea groups is 1. The average molecular weight is 373 g/mol. The fourth-order valence-electron chi connectivity index (χ4n) is 3.27. The van der Waals surface area contributed by atoms with Crippen molar-refractivity contribution < 1.29 is 13.2 Å². The Bertz CT molecular complexity index is 874. The zero-order valence-corrected chi connectivity index (χ0v) is 15.7. The molecule has 1 aliphatic heterocycles. The Morgan fingerprint density at radius 3 is 2.15 bits per heavy atom. The van der Waals surface area contributed by atoms with Crippen molar-refractivity contribution in [3.05, 3.63) is 60.2 Å². The van der Waals surface area contributed by atoms with E-state index in [4.69, 9.17) is 0 Å². The molecule has 1 aliphatic rings. The third-order valence-corrected chi connectivity index (χ3v) is 5.38. The zero-order valence-electron chi connectivity index (χ0n) is 14.9. The number of anilines is 2. The normalized spacial score (nSPS) is 15.8. The molecule has 2 aromatic rings. The van der Waals surface area contributed by atoms with Gasteiger partial charge in [-0.05, 0) is 36.2 Å². The van der Waals surface area contributed by atoms with Crippen molar-refractivity contribution in [2.24, 2.45) is 0 Å². The van der Waals surface area contributed by atoms with Crippen molar-refractivity contribution in [1.82, 2.24) is 4.90 Å². The van der Waals surface area contributed by atoms with E-state index in [0.29, 0.717) is 24.5 Å². The highest BCUT2D eigenvalue weighted by molar-refractivity contribution is 7.92. The van der Waals surface area contributed by atoms with Gasteiger partial charge in [-0.2, -0.15) is 0 Å². The van der Waals surface area contributed by atoms with Crippen LogP contribution in [0.3, 0.4) is 0 Å². The van der Waals surface area contributed by atoms with Gasteiger partial charge in [-0.15, -0.1) is 0 Å². The van der Waals surface area contributed by atoms with Crippen molar-refractivity contribution in [3.63, 3.8) is 0 Å². The van der Waals surface area contributed by atoms with E-state index in [9.17, 15) is 13.2 Å². The lowest BCUT2D eigenvalue weighted by atomic mass is 9.72. The molecule has 7 heteroatoms. The molecular formula is C19H23N3O3S. The van der Waals surface area contributed by atoms with Crippen molar-refractivity contribution in [3.8, 4) is 0 Å². The minimum absolute atomic E-state index is 0.0296. The Hall–Kier alpha value is -2.54. The fraction of sp³-hybridized carbons (Fsp3) is 0.316. The highest BCUT2D eigenvalue weighted by Gasteiger charge is 2.44. The number of likely N-dealkylation sites (tertiary alicyclic amines) is 1. The van der Waals surface area contributed by atoms with Crippen LogP contribution in [0.25, 0.3) is 0 Å². The molecule has 1 fully saturated rings. The van der Waals surface area contributed by atoms with Crippen LogP contribution in [-0.4, -0.2) is 38.7 Å². The van der Waals surface area contributed by atoms with Crippen LogP contribution >= 0.6 is 0 Å². The predicted molar refractivity (Wildman–Crippen MR) is 104 cm³/mol. The Labute approximate surface area is 154 Å². The maximum atomic E-state index is 12.4. The Morgan fingerprint density at radius 2 is 1.62 bits per heavy atom. The molecule has 0 aromatic heterocycles. The Balaban J connectivity index is 1.60. The highest BCUT2D eigenvalue weighted by atomic mass is 32.2. The molecule has 0 bridgehead atoms. The number of nitrogens with one attached hydrogen (secondary N) is 2. The van der Waals surface area contributed by atoms with Crippen LogP contribution in [0, 0.1) is 0 Å². The summed E-state index contributed by atoms with van der Waals surface area (Å²) in [6.45, 7) is 3.52. The number of carbonyl (C=O) groups excluding carboxylic acids is 1. The number of hydrogen-bond donors (Lipinski definition) is 2. The minimum atomic E-state index is -3.31. The van der Waals surface area contributed by atoms with E-state index in [2.05, 4.69) is 29.1 Å². The lowest BCUT2D eigenvalue weighted by Crippen LogP contribution is -2.61. The fourth-order valence-corrected chi connectivity index (χ4v) is 3.83. The summed E-state index contributed by atoms with van der Waals surface area (Å²) in [5.74, 6) is 0. The number of sulfonamides is 1. The van der Waals surface area contributed by atoms with Crippen LogP contribution < -0.4 is 10.0 Å². The summed E-state index contributed by atoms with van der Waals surface area (Å²) in [6, 6.07) is 16.7. The van der Waals surface area contributed by atoms with Crippen LogP contribution in [0.5, 0.6) is 0 Å². The first-order valence-electron chi connectivity index (χ1n) is 8.51. The summed E-state index contributed by atoms with van der Waals surface area (Å²) in [6.07, 6.45) is 2.08. The van der Waals surface area contributed by atoms with Gasteiger partial charge >= 0.3 is 6.03 Å². The van der Waals surface area contributed by atoms with Crippen molar-refractivity contribution in [1.29, 1.82) is 0 Å². The Kier molecular flexibility index (Phi) is 4.91. The van der Waals surface area contributed by atoms with Crippen molar-refractivity contribution in [2.45, 2.75) is 18.8 Å². The molecule has 2 N–H and O–H groups in total. The molecule has 1 saturated heterocycles. The second-order valence-electron chi connectivity index (χ2n) is 6.74. The van der Waals surface area contributed by atoms with Gasteiger partial charge in [0.25, 0.3) is 0 Å². The number of hydrogen-bond acceptors (Lipinski definition) is 3. The largest absolute Gasteiger partial charge is 0.323 e. The molecule has 138 valence electrons. The third kappa shape index (κ3) is 3.99. The molecule has 3 rings (SSSR count). The second kappa shape index (κ2) is 6.99. The van der Waals surface area contributed by atoms with Gasteiger partial charge in [0.15, 0.2) is 0 Å². The number of rotatable bonds is 5. The maximum Gasteiger partial charge on any atom is 0.321 e. The molecule has 0 aliphatic carbocycles. The first-order chi connectivity index (χ1) is 12.3. The SMILES string of the molecule is CCC1(c2ccccc2)CN(C(=O)Nc2ccc(NS(C)(=O)=O)cc2)C1. The van der Waals surface area contributed by atoms with Gasteiger partial charge in [-0.25, -0.2) is 13.2 Å². The van der Waals surface area contributed by atoms with Gasteiger partial charge in [0, 0.05) is 29.9 Å². The third-order valence-electron chi connectivity index (χ3n) is 4.78. The van der Waals surface area contributed by atoms with Crippen LogP contribution in [0.4, 0.5) is 16.2 Å². The molecular weight excluding hydrogens is 350 g/mol. The zero-order chi connectivity index (χ0) is 18.8. The molecule has 0 spiro atoms. The van der Waals surface area contributed by atoms with Crippen molar-refractivity contribution >= 4 is 27.4 Å². The van der Waals surface area contributed by atoms with Gasteiger partial charge < -0.3 is 10.2 Å². The van der Waals surface area contributed by atoms with E-state index in [0.717, 1.165) is 12.7 Å². The quantitative estimate of drug-likeness (QED) is 0.844. The molecule has 26 heavy (non-hydrogen) atoms. The van der Waals surface area contributed by atoms with Gasteiger partial charge in [0.05, 0.1) is 6.26 Å². The van der Waals surface area contributed by atoms with E-state index in [1.165, 1.54) is 5.56 Å². The first-order valence-corrected chi connectivity index (χ1v) is 10.4. The monoisotopic (exact) mass is 373 g/mol. The molecule has 2 aromatic carbocycles. The molecule has 6 nitrogen and oxygen atoms in total. The molecule has 0 unspecified atom stereocenters. The van der Waals surface area contributed by atoms with Crippen LogP contribution in [0.2, 0.25) is 0 Å². The molecule has 2 amide bonds. The average Bonchev–Trinajstić information content (AvgIpc) is 2.56. The summed E-state index contributed by atoms with van der Waals surface area (Å²) >= 11 is 0. The van der Waals surface area contributed by atoms with E-state index in [1.54, 1.807) is 29.2 Å². The molecule has 0 saturated carbocycles. The summed E-state index contributed by atoms with van der Waals surface area (Å²) in [4.78, 5) is 14.2. The molecule has 0 radical (unpaired) electrons. The number of nitrogens with zero attached hydrogens (tertiary/aromatic N) is 1. The van der Waals surface area contributed by atoms with Gasteiger partial charge in [-0.3, -0.25) is 4.72 Å². The van der Waals surface area contributed by atoms with E-state index >= 15 is 0 Å². The van der Waals surface area contributed by atoms with Gasteiger partial charge in [-0.1, -0.05) is 37.3 Å². The summed E-state index contributed by atoms with van der Waals surface area (Å²) in [5.41, 5.74) is 2.39. The summed E-state index contributed by atoms with van der Waals surface area (Å²) in [7, 11) is -3.31. The van der Waals surface area contributed by atoms with Crippen LogP contribution in [0.1, 0.15) is 18.9 Å². The minimum Gasteiger partial charge on any atom is -0.323 e. The smallest absolute Gasteiger partial charge is 0.321 e. The Morgan fingerprint density at radius 1 is 1.04 bits per heavy atom. The molecule has 0 atom stereocenters. The van der Waals surface area contributed by atoms with E-state index < -0.39 is 10.0 Å². The van der Waals surface area contributed by atoms with Crippen LogP contribution in [0.15, 0.2) is 54.6 Å². The first kappa shape index (κ1) is 18.3. The lowest BCUT2D eigenvalue weighted by Gasteiger charge is -2.50. The van der Waals surface area contributed by atoms with E-state index in [-0.39, 0.29) is 11.4 Å². The second-order valence-corrected chi connectivity index (χ2v) is 8.49. The number of amides is 2. The topological polar surface area (TPSA) is 78.5 Å². The van der Waals surface area contributed by atoms with Crippen molar-refractivity contribution in [2.75, 3.05) is 29.4 Å². The lowest BCUT2D eigenvalue weighted by molar-refractivity contribution is 0.0968. The van der Waals surface area contributed by atoms with E-state index in [1.807, 2.05) is 18.2 Å². The van der Waals surface area contributed by atoms with Gasteiger partial charge in [0.1, 0.15) is 0 Å². The summed E-state index contributed by atoms with van der Waals surface area (Å²) in [5, 5.41) is 2.86. The highest BCUT2D eigenvalue weighted by Crippen LogP contribution is 2.37. The van der Waals surface area contributed by atoms with Gasteiger partial charge in [0.2, 0.25) is 10.0 Å². The maximum absolute atomic E-state index is 12.4. The van der Waals surface area contributed by atoms with Crippen LogP contribution in [-0.2, 0) is 15.4 Å². The standard InChI is InChI=1S/C19H23N3O3S/c1-3-19(15-7-5-4-6-8-15)13-22(14-19)18(23)20-16-9-11-17(12-10-16)21-26(2,24)25/h4-12,21H,3,13-14H2,1-2H3,(H,20,23). The molecule has 1 heterocycles.